The van der Waals surface area contributed by atoms with E-state index < -0.39 is 0 Å². The second-order valence-corrected chi connectivity index (χ2v) is 10.3. The molecule has 2 unspecified atom stereocenters. The summed E-state index contributed by atoms with van der Waals surface area (Å²) in [5, 5.41) is 7.60. The van der Waals surface area contributed by atoms with E-state index in [4.69, 9.17) is 9.26 Å². The number of nitrogens with zero attached hydrogens (tertiary/aromatic N) is 5. The molecule has 3 aromatic heterocycles. The molecule has 1 saturated carbocycles. The highest BCUT2D eigenvalue weighted by Gasteiger charge is 2.32. The second-order valence-electron chi connectivity index (χ2n) is 10.3. The van der Waals surface area contributed by atoms with E-state index in [9.17, 15) is 9.59 Å². The molecule has 4 heterocycles. The molecule has 10 heteroatoms. The maximum atomic E-state index is 12.9. The Balaban J connectivity index is 1.19. The predicted molar refractivity (Wildman–Crippen MR) is 140 cm³/mol. The van der Waals surface area contributed by atoms with Gasteiger partial charge < -0.3 is 14.2 Å². The molecule has 1 aliphatic carbocycles. The molecule has 38 heavy (non-hydrogen) atoms. The van der Waals surface area contributed by atoms with E-state index in [0.717, 1.165) is 47.2 Å². The molecule has 10 nitrogen and oxygen atoms in total. The van der Waals surface area contributed by atoms with Crippen molar-refractivity contribution < 1.29 is 18.8 Å². The van der Waals surface area contributed by atoms with Crippen LogP contribution in [-0.4, -0.2) is 42.6 Å². The number of rotatable bonds is 6. The number of aromatic nitrogens is 4. The first-order valence-corrected chi connectivity index (χ1v) is 13.1. The molecule has 0 radical (unpaired) electrons. The third-order valence-electron chi connectivity index (χ3n) is 7.50. The minimum Gasteiger partial charge on any atom is -0.439 e. The fourth-order valence-corrected chi connectivity index (χ4v) is 4.89. The summed E-state index contributed by atoms with van der Waals surface area (Å²) < 4.78 is 13.1. The van der Waals surface area contributed by atoms with E-state index >= 15 is 0 Å². The van der Waals surface area contributed by atoms with Gasteiger partial charge in [-0.05, 0) is 56.9 Å². The van der Waals surface area contributed by atoms with Gasteiger partial charge in [0, 0.05) is 41.1 Å². The summed E-state index contributed by atoms with van der Waals surface area (Å²) in [7, 11) is 0. The molecule has 2 amide bonds. The molecule has 1 aliphatic heterocycles. The lowest BCUT2D eigenvalue weighted by Crippen LogP contribution is -2.45. The van der Waals surface area contributed by atoms with Crippen LogP contribution >= 0.6 is 0 Å². The van der Waals surface area contributed by atoms with Crippen LogP contribution in [0.3, 0.4) is 0 Å². The maximum absolute atomic E-state index is 12.9. The van der Waals surface area contributed by atoms with E-state index in [2.05, 4.69) is 20.4 Å². The van der Waals surface area contributed by atoms with Crippen LogP contribution in [0.4, 0.5) is 10.6 Å². The van der Waals surface area contributed by atoms with E-state index in [0.29, 0.717) is 36.3 Å². The smallest absolute Gasteiger partial charge is 0.331 e. The van der Waals surface area contributed by atoms with Gasteiger partial charge >= 0.3 is 6.03 Å². The Bertz CT molecular complexity index is 1520. The summed E-state index contributed by atoms with van der Waals surface area (Å²) in [5.74, 6) is 2.88. The van der Waals surface area contributed by atoms with Gasteiger partial charge in [0.25, 0.3) is 0 Å². The van der Waals surface area contributed by atoms with Crippen molar-refractivity contribution in [3.8, 4) is 11.6 Å². The number of amides is 2. The van der Waals surface area contributed by atoms with E-state index in [-0.39, 0.29) is 23.9 Å². The van der Waals surface area contributed by atoms with Gasteiger partial charge in [-0.15, -0.1) is 0 Å². The van der Waals surface area contributed by atoms with Gasteiger partial charge in [-0.3, -0.25) is 14.7 Å². The normalized spacial score (nSPS) is 17.8. The summed E-state index contributed by atoms with van der Waals surface area (Å²) in [6.07, 6.45) is 6.82. The molecule has 2 atom stereocenters. The number of nitrogens with one attached hydrogen (secondary N) is 1. The first-order chi connectivity index (χ1) is 18.4. The highest BCUT2D eigenvalue weighted by molar-refractivity contribution is 5.98. The van der Waals surface area contributed by atoms with Crippen molar-refractivity contribution in [3.63, 3.8) is 0 Å². The Hall–Kier alpha value is -4.21. The monoisotopic (exact) mass is 514 g/mol. The van der Waals surface area contributed by atoms with Crippen LogP contribution in [0.5, 0.6) is 11.6 Å². The van der Waals surface area contributed by atoms with E-state index in [1.54, 1.807) is 12.3 Å². The number of hydrogen-bond donors (Lipinski definition) is 1. The van der Waals surface area contributed by atoms with Gasteiger partial charge in [0.1, 0.15) is 17.8 Å². The van der Waals surface area contributed by atoms with Crippen molar-refractivity contribution in [1.82, 2.24) is 24.6 Å². The molecule has 2 aliphatic rings. The Morgan fingerprint density at radius 2 is 2.05 bits per heavy atom. The summed E-state index contributed by atoms with van der Waals surface area (Å²) >= 11 is 0. The van der Waals surface area contributed by atoms with Crippen molar-refractivity contribution in [3.05, 3.63) is 59.9 Å². The number of anilines is 1. The summed E-state index contributed by atoms with van der Waals surface area (Å²) in [4.78, 5) is 36.5. The van der Waals surface area contributed by atoms with Crippen LogP contribution in [0.15, 0.2) is 47.4 Å². The largest absolute Gasteiger partial charge is 0.439 e. The highest BCUT2D eigenvalue weighted by atomic mass is 16.5. The third-order valence-corrected chi connectivity index (χ3v) is 7.50. The minimum atomic E-state index is -0.320. The van der Waals surface area contributed by atoms with Crippen LogP contribution in [0.25, 0.3) is 10.9 Å². The van der Waals surface area contributed by atoms with Crippen molar-refractivity contribution in [2.24, 2.45) is 5.92 Å². The van der Waals surface area contributed by atoms with E-state index in [1.807, 2.05) is 49.9 Å². The number of carbonyl (C=O) groups is 2. The molecular weight excluding hydrogens is 484 g/mol. The number of ether oxygens (including phenoxy) is 1. The molecule has 1 aromatic carbocycles. The average Bonchev–Trinajstić information content (AvgIpc) is 3.52. The Labute approximate surface area is 220 Å². The van der Waals surface area contributed by atoms with Crippen LogP contribution in [0.2, 0.25) is 0 Å². The predicted octanol–water partition coefficient (Wildman–Crippen LogP) is 5.49. The molecule has 1 N–H and O–H groups in total. The van der Waals surface area contributed by atoms with Crippen molar-refractivity contribution in [2.75, 3.05) is 5.32 Å². The summed E-state index contributed by atoms with van der Waals surface area (Å²) in [5.41, 5.74) is 2.47. The summed E-state index contributed by atoms with van der Waals surface area (Å²) in [6, 6.07) is 8.88. The standard InChI is InChI=1S/C28H30N6O4/c1-4-16(2)27(35)34-14-22-21(11-17(34)3)26(30-15-29-22)37-20-7-8-23-19(12-20)9-10-33(23)28(36)31-25-13-24(38-32-25)18-5-6-18/h7-10,12-13,15-18H,4-6,11,14H2,1-3H3,(H,31,32,36). The molecule has 4 aromatic rings. The third kappa shape index (κ3) is 4.51. The van der Waals surface area contributed by atoms with Crippen molar-refractivity contribution in [1.29, 1.82) is 0 Å². The quantitative estimate of drug-likeness (QED) is 0.362. The van der Waals surface area contributed by atoms with Gasteiger partial charge in [0.2, 0.25) is 11.8 Å². The van der Waals surface area contributed by atoms with Gasteiger partial charge in [-0.25, -0.2) is 14.8 Å². The Morgan fingerprint density at radius 1 is 1.21 bits per heavy atom. The SMILES string of the molecule is CCC(C)C(=O)N1Cc2ncnc(Oc3ccc4c(ccn4C(=O)Nc4cc(C5CC5)on4)c3)c2CC1C. The van der Waals surface area contributed by atoms with Crippen LogP contribution < -0.4 is 10.1 Å². The van der Waals surface area contributed by atoms with Gasteiger partial charge in [-0.1, -0.05) is 19.0 Å². The number of hydrogen-bond acceptors (Lipinski definition) is 7. The highest BCUT2D eigenvalue weighted by Crippen LogP contribution is 2.40. The fourth-order valence-electron chi connectivity index (χ4n) is 4.89. The summed E-state index contributed by atoms with van der Waals surface area (Å²) in [6.45, 7) is 6.48. The van der Waals surface area contributed by atoms with Gasteiger partial charge in [0.15, 0.2) is 5.82 Å². The van der Waals surface area contributed by atoms with Crippen molar-refractivity contribution >= 4 is 28.7 Å². The minimum absolute atomic E-state index is 0.0196. The lowest BCUT2D eigenvalue weighted by molar-refractivity contribution is -0.138. The van der Waals surface area contributed by atoms with Crippen LogP contribution in [0, 0.1) is 5.92 Å². The van der Waals surface area contributed by atoms with Gasteiger partial charge in [-0.2, -0.15) is 0 Å². The topological polar surface area (TPSA) is 115 Å². The first-order valence-electron chi connectivity index (χ1n) is 13.1. The molecule has 0 spiro atoms. The molecule has 0 saturated heterocycles. The molecular formula is C28H30N6O4. The number of benzene rings is 1. The second kappa shape index (κ2) is 9.59. The van der Waals surface area contributed by atoms with Gasteiger partial charge in [0.05, 0.1) is 17.8 Å². The number of fused-ring (bicyclic) bond motifs is 2. The maximum Gasteiger partial charge on any atom is 0.331 e. The fraction of sp³-hybridized carbons (Fsp3) is 0.393. The Kier molecular flexibility index (Phi) is 6.09. The molecule has 196 valence electrons. The van der Waals surface area contributed by atoms with Crippen molar-refractivity contribution in [2.45, 2.75) is 65.0 Å². The lowest BCUT2D eigenvalue weighted by atomic mass is 9.97. The molecule has 1 fully saturated rings. The van der Waals surface area contributed by atoms with Crippen LogP contribution in [0.1, 0.15) is 63.0 Å². The number of carbonyl (C=O) groups excluding carboxylic acids is 2. The Morgan fingerprint density at radius 3 is 2.84 bits per heavy atom. The van der Waals surface area contributed by atoms with Crippen LogP contribution in [-0.2, 0) is 17.8 Å². The first kappa shape index (κ1) is 24.1. The lowest BCUT2D eigenvalue weighted by Gasteiger charge is -2.36. The average molecular weight is 515 g/mol. The molecule has 0 bridgehead atoms. The zero-order valence-electron chi connectivity index (χ0n) is 21.7. The molecule has 6 rings (SSSR count). The zero-order valence-corrected chi connectivity index (χ0v) is 21.7. The zero-order chi connectivity index (χ0) is 26.4. The van der Waals surface area contributed by atoms with E-state index in [1.165, 1.54) is 10.9 Å².